The molecular formula is C23H20N2O3S2. The summed E-state index contributed by atoms with van der Waals surface area (Å²) in [4.78, 5) is 17.1. The van der Waals surface area contributed by atoms with E-state index in [1.165, 1.54) is 0 Å². The number of rotatable bonds is 7. The van der Waals surface area contributed by atoms with Crippen LogP contribution in [0.25, 0.3) is 20.8 Å². The first-order valence-corrected chi connectivity index (χ1v) is 12.1. The summed E-state index contributed by atoms with van der Waals surface area (Å²) in [5, 5.41) is 3.66. The summed E-state index contributed by atoms with van der Waals surface area (Å²) in [6.45, 7) is 0. The molecule has 4 rings (SSSR count). The maximum absolute atomic E-state index is 12.5. The van der Waals surface area contributed by atoms with Crippen molar-refractivity contribution in [2.75, 3.05) is 11.1 Å². The molecule has 5 nitrogen and oxygen atoms in total. The van der Waals surface area contributed by atoms with Crippen LogP contribution in [0.2, 0.25) is 0 Å². The number of benzene rings is 3. The number of aromatic nitrogens is 1. The summed E-state index contributed by atoms with van der Waals surface area (Å²) in [5.41, 5.74) is 3.07. The number of nitrogens with zero attached hydrogens (tertiary/aromatic N) is 1. The third-order valence-electron chi connectivity index (χ3n) is 4.59. The van der Waals surface area contributed by atoms with Crippen molar-refractivity contribution in [1.82, 2.24) is 4.98 Å². The van der Waals surface area contributed by atoms with Crippen LogP contribution in [0.4, 0.5) is 5.69 Å². The van der Waals surface area contributed by atoms with Crippen LogP contribution < -0.4 is 5.32 Å². The highest BCUT2D eigenvalue weighted by Gasteiger charge is 2.16. The van der Waals surface area contributed by atoms with Crippen LogP contribution in [0.3, 0.4) is 0 Å². The minimum atomic E-state index is -3.37. The smallest absolute Gasteiger partial charge is 0.225 e. The summed E-state index contributed by atoms with van der Waals surface area (Å²) in [6, 6.07) is 24.3. The molecule has 1 amide bonds. The molecule has 0 atom stereocenters. The molecule has 1 aromatic heterocycles. The maximum atomic E-state index is 12.5. The van der Waals surface area contributed by atoms with E-state index in [4.69, 9.17) is 0 Å². The first kappa shape index (κ1) is 20.3. The van der Waals surface area contributed by atoms with Gasteiger partial charge < -0.3 is 5.32 Å². The van der Waals surface area contributed by atoms with Crippen LogP contribution in [0.1, 0.15) is 12.0 Å². The highest BCUT2D eigenvalue weighted by Crippen LogP contribution is 2.34. The van der Waals surface area contributed by atoms with Gasteiger partial charge in [0.25, 0.3) is 0 Å². The normalized spacial score (nSPS) is 11.5. The predicted molar refractivity (Wildman–Crippen MR) is 122 cm³/mol. The lowest BCUT2D eigenvalue weighted by molar-refractivity contribution is -0.115. The molecule has 0 fully saturated rings. The van der Waals surface area contributed by atoms with Crippen LogP contribution in [-0.2, 0) is 20.4 Å². The zero-order chi connectivity index (χ0) is 21.0. The van der Waals surface area contributed by atoms with E-state index in [0.29, 0.717) is 5.69 Å². The van der Waals surface area contributed by atoms with Crippen LogP contribution >= 0.6 is 11.3 Å². The van der Waals surface area contributed by atoms with E-state index >= 15 is 0 Å². The van der Waals surface area contributed by atoms with Crippen molar-refractivity contribution in [1.29, 1.82) is 0 Å². The van der Waals surface area contributed by atoms with E-state index in [2.05, 4.69) is 10.3 Å². The van der Waals surface area contributed by atoms with Crippen molar-refractivity contribution in [2.45, 2.75) is 12.2 Å². The molecule has 1 N–H and O–H groups in total. The first-order valence-electron chi connectivity index (χ1n) is 9.49. The monoisotopic (exact) mass is 436 g/mol. The third-order valence-corrected chi connectivity index (χ3v) is 7.26. The Bertz CT molecular complexity index is 1250. The molecule has 30 heavy (non-hydrogen) atoms. The molecule has 7 heteroatoms. The van der Waals surface area contributed by atoms with Gasteiger partial charge in [-0.2, -0.15) is 0 Å². The third kappa shape index (κ3) is 4.93. The Morgan fingerprint density at radius 2 is 1.60 bits per heavy atom. The molecular weight excluding hydrogens is 416 g/mol. The Balaban J connectivity index is 1.45. The minimum Gasteiger partial charge on any atom is -0.325 e. The molecule has 0 aliphatic carbocycles. The molecule has 4 aromatic rings. The number of sulfone groups is 1. The van der Waals surface area contributed by atoms with Gasteiger partial charge in [0.1, 0.15) is 5.01 Å². The number of carbonyl (C=O) groups is 1. The summed E-state index contributed by atoms with van der Waals surface area (Å²) in [5.74, 6) is -0.597. The lowest BCUT2D eigenvalue weighted by atomic mass is 10.2. The summed E-state index contributed by atoms with van der Waals surface area (Å²) >= 11 is 1.55. The van der Waals surface area contributed by atoms with Crippen molar-refractivity contribution in [2.24, 2.45) is 0 Å². The molecule has 3 aromatic carbocycles. The quantitative estimate of drug-likeness (QED) is 0.447. The molecule has 0 bridgehead atoms. The molecule has 0 saturated carbocycles. The highest BCUT2D eigenvalue weighted by atomic mass is 32.2. The van der Waals surface area contributed by atoms with E-state index in [1.54, 1.807) is 41.7 Å². The zero-order valence-electron chi connectivity index (χ0n) is 16.1. The van der Waals surface area contributed by atoms with Gasteiger partial charge in [-0.3, -0.25) is 4.79 Å². The molecule has 0 unspecified atom stereocenters. The van der Waals surface area contributed by atoms with E-state index in [1.807, 2.05) is 48.5 Å². The molecule has 0 aliphatic rings. The standard InChI is InChI=1S/C23H20N2O3S2/c26-22(14-15-30(27,28)16-17-8-2-1-3-9-17)24-19-11-5-4-10-18(19)23-25-20-12-6-7-13-21(20)29-23/h1-13H,14-16H2,(H,24,26). The van der Waals surface area contributed by atoms with Crippen LogP contribution in [-0.4, -0.2) is 25.1 Å². The molecule has 1 heterocycles. The van der Waals surface area contributed by atoms with Gasteiger partial charge in [-0.15, -0.1) is 11.3 Å². The Morgan fingerprint density at radius 3 is 2.40 bits per heavy atom. The van der Waals surface area contributed by atoms with Crippen molar-refractivity contribution in [3.8, 4) is 10.6 Å². The maximum Gasteiger partial charge on any atom is 0.225 e. The average molecular weight is 437 g/mol. The van der Waals surface area contributed by atoms with E-state index in [0.717, 1.165) is 26.4 Å². The van der Waals surface area contributed by atoms with Gasteiger partial charge in [-0.05, 0) is 29.8 Å². The predicted octanol–water partition coefficient (Wildman–Crippen LogP) is 4.91. The van der Waals surface area contributed by atoms with Crippen molar-refractivity contribution in [3.63, 3.8) is 0 Å². The number of para-hydroxylation sites is 2. The van der Waals surface area contributed by atoms with E-state index in [-0.39, 0.29) is 23.8 Å². The fraction of sp³-hybridized carbons (Fsp3) is 0.130. The van der Waals surface area contributed by atoms with Crippen LogP contribution in [0, 0.1) is 0 Å². The summed E-state index contributed by atoms with van der Waals surface area (Å²) in [7, 11) is -3.37. The first-order chi connectivity index (χ1) is 14.5. The molecule has 0 radical (unpaired) electrons. The Morgan fingerprint density at radius 1 is 0.900 bits per heavy atom. The number of carbonyl (C=O) groups excluding carboxylic acids is 1. The summed E-state index contributed by atoms with van der Waals surface area (Å²) < 4.78 is 25.8. The number of hydrogen-bond donors (Lipinski definition) is 1. The van der Waals surface area contributed by atoms with Gasteiger partial charge >= 0.3 is 0 Å². The molecule has 152 valence electrons. The molecule has 0 saturated heterocycles. The zero-order valence-corrected chi connectivity index (χ0v) is 17.7. The topological polar surface area (TPSA) is 76.1 Å². The fourth-order valence-electron chi connectivity index (χ4n) is 3.13. The van der Waals surface area contributed by atoms with Gasteiger partial charge in [0, 0.05) is 12.0 Å². The second kappa shape index (κ2) is 8.77. The molecule has 0 spiro atoms. The van der Waals surface area contributed by atoms with Crippen LogP contribution in [0.15, 0.2) is 78.9 Å². The number of hydrogen-bond acceptors (Lipinski definition) is 5. The van der Waals surface area contributed by atoms with Crippen LogP contribution in [0.5, 0.6) is 0 Å². The van der Waals surface area contributed by atoms with Gasteiger partial charge in [-0.25, -0.2) is 13.4 Å². The van der Waals surface area contributed by atoms with Gasteiger partial charge in [0.2, 0.25) is 5.91 Å². The molecule has 0 aliphatic heterocycles. The lowest BCUT2D eigenvalue weighted by Crippen LogP contribution is -2.18. The fourth-order valence-corrected chi connectivity index (χ4v) is 5.47. The van der Waals surface area contributed by atoms with Gasteiger partial charge in [0.15, 0.2) is 9.84 Å². The highest BCUT2D eigenvalue weighted by molar-refractivity contribution is 7.90. The summed E-state index contributed by atoms with van der Waals surface area (Å²) in [6.07, 6.45) is -0.0939. The van der Waals surface area contributed by atoms with E-state index in [9.17, 15) is 13.2 Å². The Labute approximate surface area is 179 Å². The second-order valence-electron chi connectivity index (χ2n) is 6.91. The largest absolute Gasteiger partial charge is 0.325 e. The van der Waals surface area contributed by atoms with Crippen molar-refractivity contribution >= 4 is 43.0 Å². The number of thiazole rings is 1. The van der Waals surface area contributed by atoms with Gasteiger partial charge in [0.05, 0.1) is 27.4 Å². The number of anilines is 1. The lowest BCUT2D eigenvalue weighted by Gasteiger charge is -2.10. The minimum absolute atomic E-state index is 0.0661. The average Bonchev–Trinajstić information content (AvgIpc) is 3.17. The Kier molecular flexibility index (Phi) is 5.92. The van der Waals surface area contributed by atoms with Crippen molar-refractivity contribution < 1.29 is 13.2 Å². The Hall–Kier alpha value is -3.03. The van der Waals surface area contributed by atoms with Gasteiger partial charge in [-0.1, -0.05) is 54.6 Å². The second-order valence-corrected chi connectivity index (χ2v) is 10.1. The van der Waals surface area contributed by atoms with Crippen molar-refractivity contribution in [3.05, 3.63) is 84.4 Å². The van der Waals surface area contributed by atoms with E-state index < -0.39 is 9.84 Å². The number of nitrogens with one attached hydrogen (secondary N) is 1. The SMILES string of the molecule is O=C(CCS(=O)(=O)Cc1ccccc1)Nc1ccccc1-c1nc2ccccc2s1. The number of fused-ring (bicyclic) bond motifs is 1. The number of amides is 1.